The van der Waals surface area contributed by atoms with E-state index in [0.717, 1.165) is 0 Å². The van der Waals surface area contributed by atoms with Crippen molar-refractivity contribution in [2.45, 2.75) is 47.5 Å². The Morgan fingerprint density at radius 1 is 1.09 bits per heavy atom. The van der Waals surface area contributed by atoms with Crippen LogP contribution in [0, 0.1) is 0 Å². The molecule has 0 fully saturated rings. The third kappa shape index (κ3) is 4.83. The van der Waals surface area contributed by atoms with Crippen molar-refractivity contribution in [1.29, 1.82) is 0 Å². The van der Waals surface area contributed by atoms with Crippen LogP contribution in [0.5, 0.6) is 0 Å². The van der Waals surface area contributed by atoms with Crippen molar-refractivity contribution in [2.24, 2.45) is 0 Å². The lowest BCUT2D eigenvalue weighted by Gasteiger charge is -2.00. The number of allylic oxidation sites excluding steroid dienone is 4. The maximum Gasteiger partial charge on any atom is -0.0322 e. The van der Waals surface area contributed by atoms with E-state index in [4.69, 9.17) is 0 Å². The quantitative estimate of drug-likeness (QED) is 0.534. The average molecular weight is 152 g/mol. The van der Waals surface area contributed by atoms with E-state index in [1.165, 1.54) is 29.6 Å². The summed E-state index contributed by atoms with van der Waals surface area (Å²) in [6, 6.07) is 0. The molecule has 0 saturated heterocycles. The molecule has 0 bridgehead atoms. The third-order valence-electron chi connectivity index (χ3n) is 1.90. The molecule has 0 atom stereocenters. The summed E-state index contributed by atoms with van der Waals surface area (Å²) < 4.78 is 0. The highest BCUT2D eigenvalue weighted by atomic mass is 14.0. The van der Waals surface area contributed by atoms with Crippen LogP contribution in [0.2, 0.25) is 0 Å². The smallest absolute Gasteiger partial charge is 0.0322 e. The summed E-state index contributed by atoms with van der Waals surface area (Å²) >= 11 is 0. The Morgan fingerprint density at radius 2 is 1.64 bits per heavy atom. The first kappa shape index (κ1) is 10.5. The maximum absolute atomic E-state index is 2.29. The van der Waals surface area contributed by atoms with E-state index >= 15 is 0 Å². The lowest BCUT2D eigenvalue weighted by Crippen LogP contribution is -1.79. The highest BCUT2D eigenvalue weighted by molar-refractivity contribution is 5.24. The molecular weight excluding hydrogens is 132 g/mol. The Balaban J connectivity index is 4.19. The van der Waals surface area contributed by atoms with E-state index in [9.17, 15) is 0 Å². The minimum Gasteiger partial charge on any atom is -0.0735 e. The Morgan fingerprint density at radius 3 is 2.00 bits per heavy atom. The van der Waals surface area contributed by atoms with Crippen LogP contribution < -0.4 is 0 Å². The molecule has 0 spiro atoms. The molecule has 0 nitrogen and oxygen atoms in total. The molecule has 64 valence electrons. The second-order valence-corrected chi connectivity index (χ2v) is 3.42. The molecule has 0 amide bonds. The van der Waals surface area contributed by atoms with Crippen molar-refractivity contribution < 1.29 is 0 Å². The summed E-state index contributed by atoms with van der Waals surface area (Å²) in [5.74, 6) is 0. The van der Waals surface area contributed by atoms with Gasteiger partial charge in [0.05, 0.1) is 0 Å². The first-order valence-electron chi connectivity index (χ1n) is 4.39. The molecular formula is C11H20. The molecule has 0 aromatic rings. The van der Waals surface area contributed by atoms with Crippen molar-refractivity contribution in [3.8, 4) is 0 Å². The SMILES string of the molecule is CCC/C(C)=C/C(C)=C(C)C. The van der Waals surface area contributed by atoms with Crippen molar-refractivity contribution in [3.05, 3.63) is 22.8 Å². The predicted molar refractivity (Wildman–Crippen MR) is 52.7 cm³/mol. The van der Waals surface area contributed by atoms with Gasteiger partial charge in [-0.05, 0) is 34.1 Å². The Kier molecular flexibility index (Phi) is 4.93. The second kappa shape index (κ2) is 5.17. The van der Waals surface area contributed by atoms with Crippen LogP contribution in [0.25, 0.3) is 0 Å². The van der Waals surface area contributed by atoms with Gasteiger partial charge in [-0.3, -0.25) is 0 Å². The van der Waals surface area contributed by atoms with Gasteiger partial charge in [0.25, 0.3) is 0 Å². The Hall–Kier alpha value is -0.520. The number of hydrogen-bond donors (Lipinski definition) is 0. The highest BCUT2D eigenvalue weighted by Crippen LogP contribution is 2.10. The lowest BCUT2D eigenvalue weighted by atomic mass is 10.1. The van der Waals surface area contributed by atoms with Crippen molar-refractivity contribution in [3.63, 3.8) is 0 Å². The first-order valence-corrected chi connectivity index (χ1v) is 4.39. The van der Waals surface area contributed by atoms with Crippen molar-refractivity contribution in [1.82, 2.24) is 0 Å². The Labute approximate surface area is 71.0 Å². The van der Waals surface area contributed by atoms with E-state index < -0.39 is 0 Å². The van der Waals surface area contributed by atoms with Gasteiger partial charge in [-0.1, -0.05) is 36.1 Å². The highest BCUT2D eigenvalue weighted by Gasteiger charge is 1.89. The van der Waals surface area contributed by atoms with Gasteiger partial charge in [0.1, 0.15) is 0 Å². The second-order valence-electron chi connectivity index (χ2n) is 3.42. The normalized spacial score (nSPS) is 11.5. The van der Waals surface area contributed by atoms with Gasteiger partial charge < -0.3 is 0 Å². The van der Waals surface area contributed by atoms with Crippen LogP contribution in [-0.2, 0) is 0 Å². The van der Waals surface area contributed by atoms with Gasteiger partial charge >= 0.3 is 0 Å². The first-order chi connectivity index (χ1) is 5.07. The van der Waals surface area contributed by atoms with Crippen LogP contribution in [-0.4, -0.2) is 0 Å². The minimum absolute atomic E-state index is 1.23. The average Bonchev–Trinajstić information content (AvgIpc) is 1.87. The van der Waals surface area contributed by atoms with Crippen molar-refractivity contribution in [2.75, 3.05) is 0 Å². The van der Waals surface area contributed by atoms with Gasteiger partial charge in [-0.2, -0.15) is 0 Å². The van der Waals surface area contributed by atoms with Gasteiger partial charge in [-0.25, -0.2) is 0 Å². The summed E-state index contributed by atoms with van der Waals surface area (Å²) in [5, 5.41) is 0. The van der Waals surface area contributed by atoms with Crippen LogP contribution in [0.3, 0.4) is 0 Å². The van der Waals surface area contributed by atoms with Gasteiger partial charge in [0.2, 0.25) is 0 Å². The zero-order valence-electron chi connectivity index (χ0n) is 8.49. The van der Waals surface area contributed by atoms with E-state index in [0.29, 0.717) is 0 Å². The zero-order chi connectivity index (χ0) is 8.85. The standard InChI is InChI=1S/C11H20/c1-6-7-10(4)8-11(5)9(2)3/h8H,6-7H2,1-5H3/b10-8+. The zero-order valence-corrected chi connectivity index (χ0v) is 8.49. The van der Waals surface area contributed by atoms with Crippen LogP contribution in [0.1, 0.15) is 47.5 Å². The summed E-state index contributed by atoms with van der Waals surface area (Å²) in [4.78, 5) is 0. The monoisotopic (exact) mass is 152 g/mol. The maximum atomic E-state index is 2.29. The molecule has 0 aliphatic heterocycles. The number of hydrogen-bond acceptors (Lipinski definition) is 0. The van der Waals surface area contributed by atoms with Crippen LogP contribution >= 0.6 is 0 Å². The summed E-state index contributed by atoms with van der Waals surface area (Å²) in [6.07, 6.45) is 4.77. The number of rotatable bonds is 3. The Bertz CT molecular complexity index is 166. The summed E-state index contributed by atoms with van der Waals surface area (Å²) in [5.41, 5.74) is 4.32. The molecule has 0 aliphatic carbocycles. The van der Waals surface area contributed by atoms with Gasteiger partial charge in [0.15, 0.2) is 0 Å². The molecule has 11 heavy (non-hydrogen) atoms. The van der Waals surface area contributed by atoms with Crippen molar-refractivity contribution >= 4 is 0 Å². The van der Waals surface area contributed by atoms with E-state index in [1.807, 2.05) is 0 Å². The van der Waals surface area contributed by atoms with Crippen LogP contribution in [0.15, 0.2) is 22.8 Å². The van der Waals surface area contributed by atoms with E-state index in [2.05, 4.69) is 40.7 Å². The third-order valence-corrected chi connectivity index (χ3v) is 1.90. The van der Waals surface area contributed by atoms with Crippen LogP contribution in [0.4, 0.5) is 0 Å². The summed E-state index contributed by atoms with van der Waals surface area (Å²) in [6.45, 7) is 10.9. The topological polar surface area (TPSA) is 0 Å². The largest absolute Gasteiger partial charge is 0.0735 e. The molecule has 0 aliphatic rings. The molecule has 0 rings (SSSR count). The molecule has 0 heterocycles. The van der Waals surface area contributed by atoms with E-state index in [1.54, 1.807) is 0 Å². The fourth-order valence-electron chi connectivity index (χ4n) is 0.980. The lowest BCUT2D eigenvalue weighted by molar-refractivity contribution is 0.903. The molecule has 0 aromatic heterocycles. The molecule has 0 aromatic carbocycles. The molecule has 0 radical (unpaired) electrons. The molecule has 0 N–H and O–H groups in total. The molecule has 0 heteroatoms. The van der Waals surface area contributed by atoms with Gasteiger partial charge in [0, 0.05) is 0 Å². The summed E-state index contributed by atoms with van der Waals surface area (Å²) in [7, 11) is 0. The predicted octanol–water partition coefficient (Wildman–Crippen LogP) is 4.09. The fourth-order valence-corrected chi connectivity index (χ4v) is 0.980. The fraction of sp³-hybridized carbons (Fsp3) is 0.636. The molecule has 0 unspecified atom stereocenters. The van der Waals surface area contributed by atoms with E-state index in [-0.39, 0.29) is 0 Å². The minimum atomic E-state index is 1.23. The van der Waals surface area contributed by atoms with Gasteiger partial charge in [-0.15, -0.1) is 0 Å². The molecule has 0 saturated carbocycles.